The van der Waals surface area contributed by atoms with Crippen LogP contribution >= 0.6 is 16.1 Å². The van der Waals surface area contributed by atoms with E-state index in [1.807, 2.05) is 41.6 Å². The number of carbonyl (C=O) groups is 2. The first-order chi connectivity index (χ1) is 16.6. The van der Waals surface area contributed by atoms with Crippen molar-refractivity contribution in [1.29, 1.82) is 0 Å². The third-order valence-corrected chi connectivity index (χ3v) is 6.59. The molecule has 0 aliphatic carbocycles. The molecule has 9 heteroatoms. The predicted octanol–water partition coefficient (Wildman–Crippen LogP) is 4.38. The highest BCUT2D eigenvalue weighted by atomic mass is 79.9. The largest absolute Gasteiger partial charge is 0.493 e. The Bertz CT molecular complexity index is 1350. The number of Topliss-reactive ketones (excluding diaryl/α,β-unsaturated/α-hetero) is 1. The zero-order chi connectivity index (χ0) is 25.5. The van der Waals surface area contributed by atoms with Crippen LogP contribution in [0.2, 0.25) is 0 Å². The number of ether oxygens (including phenoxy) is 1. The molecule has 0 unspecified atom stereocenters. The molecule has 0 fully saturated rings. The quantitative estimate of drug-likeness (QED) is 0.469. The smallest absolute Gasteiger partial charge is 0.254 e. The van der Waals surface area contributed by atoms with Gasteiger partial charge in [0.25, 0.3) is 5.91 Å². The molecule has 4 rings (SSSR count). The molecule has 0 radical (unpaired) electrons. The van der Waals surface area contributed by atoms with Gasteiger partial charge in [-0.25, -0.2) is 4.98 Å². The van der Waals surface area contributed by atoms with Gasteiger partial charge in [-0.05, 0) is 47.7 Å². The normalized spacial score (nSPS) is 14.5. The molecule has 1 aromatic heterocycles. The molecule has 1 amide bonds. The molecule has 0 bridgehead atoms. The van der Waals surface area contributed by atoms with Crippen molar-refractivity contribution < 1.29 is 14.3 Å². The van der Waals surface area contributed by atoms with E-state index in [-0.39, 0.29) is 23.7 Å². The lowest BCUT2D eigenvalue weighted by atomic mass is 9.84. The van der Waals surface area contributed by atoms with Crippen LogP contribution in [0.4, 0.5) is 0 Å². The molecule has 0 atom stereocenters. The Morgan fingerprint density at radius 1 is 1.23 bits per heavy atom. The van der Waals surface area contributed by atoms with Crippen LogP contribution in [0, 0.1) is 0 Å². The van der Waals surface area contributed by atoms with Gasteiger partial charge in [0.1, 0.15) is 11.6 Å². The number of amides is 1. The minimum Gasteiger partial charge on any atom is -0.493 e. The number of hydrogen-bond donors (Lipinski definition) is 1. The van der Waals surface area contributed by atoms with Gasteiger partial charge in [-0.2, -0.15) is 4.02 Å². The summed E-state index contributed by atoms with van der Waals surface area (Å²) < 4.78 is 11.9. The third-order valence-electron chi connectivity index (χ3n) is 6.25. The van der Waals surface area contributed by atoms with Crippen LogP contribution in [0.25, 0.3) is 11.0 Å². The zero-order valence-corrected chi connectivity index (χ0v) is 22.5. The van der Waals surface area contributed by atoms with E-state index in [0.717, 1.165) is 27.7 Å². The minimum atomic E-state index is -0.237. The molecule has 1 aliphatic heterocycles. The summed E-state index contributed by atoms with van der Waals surface area (Å²) in [6, 6.07) is 7.52. The van der Waals surface area contributed by atoms with E-state index >= 15 is 0 Å². The topological polar surface area (TPSA) is 88.8 Å². The van der Waals surface area contributed by atoms with E-state index in [9.17, 15) is 9.59 Å². The first kappa shape index (κ1) is 24.9. The van der Waals surface area contributed by atoms with Crippen molar-refractivity contribution in [2.45, 2.75) is 39.7 Å². The number of imidazole rings is 1. The summed E-state index contributed by atoms with van der Waals surface area (Å²) in [5.74, 6) is 0.874. The van der Waals surface area contributed by atoms with Gasteiger partial charge in [-0.15, -0.1) is 0 Å². The number of nitrogens with one attached hydrogen (secondary N) is 1. The molecule has 2 aromatic carbocycles. The number of aryl methyl sites for hydroxylation is 1. The van der Waals surface area contributed by atoms with Crippen LogP contribution in [0.5, 0.6) is 5.75 Å². The Morgan fingerprint density at radius 2 is 1.97 bits per heavy atom. The van der Waals surface area contributed by atoms with Gasteiger partial charge < -0.3 is 19.5 Å². The number of aromatic nitrogens is 2. The summed E-state index contributed by atoms with van der Waals surface area (Å²) in [7, 11) is 3.52. The SMILES string of the molecule is CCOc1cc2c(cc1C(=O)NC)C(=NBr)N(CC(=O)c1cc(C(C)(C)C)c3ncn(C)c3c1)C2. The Balaban J connectivity index is 1.69. The zero-order valence-electron chi connectivity index (χ0n) is 20.9. The summed E-state index contributed by atoms with van der Waals surface area (Å²) >= 11 is 3.23. The standard InChI is InChI=1S/C26H30BrN5O3/c1-7-35-22-10-16-12-32(24(30-27)17(16)11-18(22)25(34)28-5)13-21(33)15-8-19(26(2,3)4)23-20(9-15)31(6)14-29-23/h8-11,14H,7,12-13H2,1-6H3,(H,28,34). The van der Waals surface area contributed by atoms with Gasteiger partial charge in [-0.1, -0.05) is 20.8 Å². The van der Waals surface area contributed by atoms with Gasteiger partial charge in [0.2, 0.25) is 0 Å². The maximum atomic E-state index is 13.5. The number of fused-ring (bicyclic) bond motifs is 2. The van der Waals surface area contributed by atoms with E-state index in [0.29, 0.717) is 35.9 Å². The molecule has 1 N–H and O–H groups in total. The third kappa shape index (κ3) is 4.57. The lowest BCUT2D eigenvalue weighted by Gasteiger charge is -2.22. The van der Waals surface area contributed by atoms with Crippen LogP contribution in [-0.2, 0) is 19.0 Å². The molecule has 1 aliphatic rings. The number of rotatable bonds is 6. The van der Waals surface area contributed by atoms with Crippen molar-refractivity contribution >= 4 is 44.7 Å². The summed E-state index contributed by atoms with van der Waals surface area (Å²) in [6.45, 7) is 9.32. The van der Waals surface area contributed by atoms with Gasteiger partial charge in [0.15, 0.2) is 5.78 Å². The fourth-order valence-corrected chi connectivity index (χ4v) is 4.87. The van der Waals surface area contributed by atoms with Crippen LogP contribution in [0.1, 0.15) is 65.1 Å². The Hall–Kier alpha value is -3.20. The average Bonchev–Trinajstić information content (AvgIpc) is 3.35. The minimum absolute atomic E-state index is 0.0170. The fraction of sp³-hybridized carbons (Fsp3) is 0.385. The second-order valence-corrected chi connectivity index (χ2v) is 10.1. The van der Waals surface area contributed by atoms with Crippen LogP contribution in [0.15, 0.2) is 34.6 Å². The van der Waals surface area contributed by atoms with Gasteiger partial charge >= 0.3 is 0 Å². The number of benzene rings is 2. The summed E-state index contributed by atoms with van der Waals surface area (Å²) in [4.78, 5) is 32.5. The highest BCUT2D eigenvalue weighted by Crippen LogP contribution is 2.33. The lowest BCUT2D eigenvalue weighted by Crippen LogP contribution is -2.31. The molecule has 8 nitrogen and oxygen atoms in total. The predicted molar refractivity (Wildman–Crippen MR) is 141 cm³/mol. The van der Waals surface area contributed by atoms with Crippen LogP contribution in [-0.4, -0.2) is 52.2 Å². The second kappa shape index (κ2) is 9.45. The molecular weight excluding hydrogens is 510 g/mol. The van der Waals surface area contributed by atoms with E-state index in [1.54, 1.807) is 19.4 Å². The first-order valence-corrected chi connectivity index (χ1v) is 12.2. The van der Waals surface area contributed by atoms with E-state index < -0.39 is 0 Å². The molecule has 0 spiro atoms. The van der Waals surface area contributed by atoms with Crippen molar-refractivity contribution in [1.82, 2.24) is 19.8 Å². The lowest BCUT2D eigenvalue weighted by molar-refractivity contribution is 0.0953. The van der Waals surface area contributed by atoms with Crippen molar-refractivity contribution in [2.24, 2.45) is 11.1 Å². The van der Waals surface area contributed by atoms with Gasteiger partial charge in [0, 0.05) is 31.8 Å². The van der Waals surface area contributed by atoms with Crippen molar-refractivity contribution in [2.75, 3.05) is 20.2 Å². The summed E-state index contributed by atoms with van der Waals surface area (Å²) in [5, 5.41) is 2.66. The highest BCUT2D eigenvalue weighted by molar-refractivity contribution is 9.08. The summed E-state index contributed by atoms with van der Waals surface area (Å²) in [6.07, 6.45) is 1.78. The number of amidine groups is 1. The number of nitrogens with zero attached hydrogens (tertiary/aromatic N) is 4. The van der Waals surface area contributed by atoms with E-state index in [4.69, 9.17) is 4.74 Å². The second-order valence-electron chi connectivity index (χ2n) is 9.70. The van der Waals surface area contributed by atoms with Crippen molar-refractivity contribution in [3.8, 4) is 5.75 Å². The van der Waals surface area contributed by atoms with Gasteiger partial charge in [-0.3, -0.25) is 9.59 Å². The van der Waals surface area contributed by atoms with E-state index in [1.165, 1.54) is 0 Å². The molecular formula is C26H30BrN5O3. The Kier molecular flexibility index (Phi) is 6.73. The Morgan fingerprint density at radius 3 is 2.60 bits per heavy atom. The number of halogens is 1. The Labute approximate surface area is 213 Å². The molecule has 35 heavy (non-hydrogen) atoms. The molecule has 0 saturated heterocycles. The number of carbonyl (C=O) groups excluding carboxylic acids is 2. The van der Waals surface area contributed by atoms with Crippen molar-refractivity contribution in [3.05, 3.63) is 58.4 Å². The van der Waals surface area contributed by atoms with Crippen molar-refractivity contribution in [3.63, 3.8) is 0 Å². The number of ketones is 1. The first-order valence-electron chi connectivity index (χ1n) is 11.5. The summed E-state index contributed by atoms with van der Waals surface area (Å²) in [5.41, 5.74) is 5.53. The van der Waals surface area contributed by atoms with Gasteiger partial charge in [0.05, 0.1) is 52.2 Å². The maximum absolute atomic E-state index is 13.5. The van der Waals surface area contributed by atoms with E-state index in [2.05, 4.69) is 51.2 Å². The fourth-order valence-electron chi connectivity index (χ4n) is 4.46. The molecule has 2 heterocycles. The number of hydrogen-bond acceptors (Lipinski definition) is 5. The van der Waals surface area contributed by atoms with Crippen LogP contribution in [0.3, 0.4) is 0 Å². The molecule has 0 saturated carbocycles. The molecule has 184 valence electrons. The van der Waals surface area contributed by atoms with Crippen LogP contribution < -0.4 is 10.1 Å². The maximum Gasteiger partial charge on any atom is 0.254 e. The average molecular weight is 540 g/mol. The molecule has 3 aromatic rings. The highest BCUT2D eigenvalue weighted by Gasteiger charge is 2.31. The monoisotopic (exact) mass is 539 g/mol.